The lowest BCUT2D eigenvalue weighted by atomic mass is 9.93. The summed E-state index contributed by atoms with van der Waals surface area (Å²) in [6.45, 7) is -2.31. The van der Waals surface area contributed by atoms with Crippen LogP contribution in [0.15, 0.2) is 42.5 Å². The number of hydrogen-bond acceptors (Lipinski definition) is 11. The average Bonchev–Trinajstić information content (AvgIpc) is 3.76. The Morgan fingerprint density at radius 2 is 1.58 bits per heavy atom. The summed E-state index contributed by atoms with van der Waals surface area (Å²) in [5, 5.41) is 28.9. The molecule has 3 heterocycles. The number of carboxylic acid groups (broad SMARTS) is 1. The molecule has 3 amide bonds. The van der Waals surface area contributed by atoms with Crippen molar-refractivity contribution in [3.63, 3.8) is 0 Å². The van der Waals surface area contributed by atoms with Gasteiger partial charge in [0.2, 0.25) is 15.9 Å². The maximum atomic E-state index is 15.6. The third-order valence-electron chi connectivity index (χ3n) is 11.8. The maximum Gasteiger partial charge on any atom is 0.435 e. The van der Waals surface area contributed by atoms with Gasteiger partial charge in [0.25, 0.3) is 5.92 Å². The fourth-order valence-corrected chi connectivity index (χ4v) is 9.47. The van der Waals surface area contributed by atoms with Crippen molar-refractivity contribution in [1.82, 2.24) is 35.2 Å². The van der Waals surface area contributed by atoms with Crippen LogP contribution in [0, 0.1) is 29.4 Å². The topological polar surface area (TPSA) is 236 Å². The number of sulfone groups is 1. The van der Waals surface area contributed by atoms with Crippen LogP contribution in [0.2, 0.25) is 5.02 Å². The van der Waals surface area contributed by atoms with E-state index in [1.807, 2.05) is 0 Å². The van der Waals surface area contributed by atoms with Gasteiger partial charge < -0.3 is 20.8 Å². The average molecular weight is 1100 g/mol. The van der Waals surface area contributed by atoms with Crippen LogP contribution in [-0.4, -0.2) is 106 Å². The number of aromatic nitrogens is 5. The monoisotopic (exact) mass is 1100 g/mol. The van der Waals surface area contributed by atoms with E-state index in [-0.39, 0.29) is 36.9 Å². The lowest BCUT2D eigenvalue weighted by molar-refractivity contribution is -0.143. The van der Waals surface area contributed by atoms with Gasteiger partial charge >= 0.3 is 24.4 Å². The minimum atomic E-state index is -5.25. The van der Waals surface area contributed by atoms with Crippen LogP contribution < -0.4 is 14.9 Å². The first kappa shape index (κ1) is 54.3. The van der Waals surface area contributed by atoms with E-state index < -0.39 is 172 Å². The molecule has 1 saturated carbocycles. The van der Waals surface area contributed by atoms with Gasteiger partial charge in [0, 0.05) is 34.9 Å². The molecule has 0 radical (unpaired) electrons. The molecule has 2 aromatic carbocycles. The first-order chi connectivity index (χ1) is 33.5. The van der Waals surface area contributed by atoms with E-state index in [9.17, 15) is 76.6 Å². The predicted octanol–water partition coefficient (Wildman–Crippen LogP) is 6.21. The van der Waals surface area contributed by atoms with Gasteiger partial charge in [0.05, 0.1) is 40.5 Å². The van der Waals surface area contributed by atoms with Crippen molar-refractivity contribution in [2.24, 2.45) is 5.92 Å². The molecule has 3 aromatic heterocycles. The molecule has 73 heavy (non-hydrogen) atoms. The second-order valence-electron chi connectivity index (χ2n) is 17.6. The minimum Gasteiger partial charge on any atom is -0.480 e. The minimum absolute atomic E-state index is 0.140. The van der Waals surface area contributed by atoms with Crippen LogP contribution in [0.5, 0.6) is 0 Å². The van der Waals surface area contributed by atoms with Gasteiger partial charge in [-0.1, -0.05) is 23.6 Å². The number of anilines is 1. The van der Waals surface area contributed by atoms with Crippen molar-refractivity contribution in [2.75, 3.05) is 23.4 Å². The lowest BCUT2D eigenvalue weighted by Gasteiger charge is -2.23. The van der Waals surface area contributed by atoms with Gasteiger partial charge in [-0.3, -0.25) is 14.2 Å². The number of fused-ring (bicyclic) bond motifs is 4. The zero-order valence-corrected chi connectivity index (χ0v) is 40.2. The van der Waals surface area contributed by atoms with E-state index in [2.05, 4.69) is 32.3 Å². The number of amides is 3. The number of benzene rings is 2. The van der Waals surface area contributed by atoms with Gasteiger partial charge in [-0.05, 0) is 74.4 Å². The van der Waals surface area contributed by atoms with Gasteiger partial charge in [-0.25, -0.2) is 40.2 Å². The van der Waals surface area contributed by atoms with E-state index in [4.69, 9.17) is 11.6 Å². The normalized spacial score (nSPS) is 17.3. The lowest BCUT2D eigenvalue weighted by Crippen LogP contribution is -2.51. The Bertz CT molecular complexity index is 3390. The Morgan fingerprint density at radius 1 is 0.945 bits per heavy atom. The highest BCUT2D eigenvalue weighted by Gasteiger charge is 2.68. The molecule has 4 atom stereocenters. The van der Waals surface area contributed by atoms with Crippen molar-refractivity contribution in [3.05, 3.63) is 93.0 Å². The SMILES string of the molecule is CC(C)(C#Cc1ccc(-c2ccc(Cl)c3c(N(C(=O)N[C@@H](CO)C(=O)O)S(C)(=O)=O)nn(CC(F)(F)F)c23)c([C@H](Cc2cc(F)cc(F)c2)NC(=O)Cn2nc(C(F)(F)F)c3c2C(F)(F)[C@@H]2C[C@H]32)n1)S(C)(=O)=O. The number of halogens is 11. The third-order valence-corrected chi connectivity index (χ3v) is 15.1. The fourth-order valence-electron chi connectivity index (χ4n) is 8.20. The molecule has 5 aromatic rings. The molecule has 2 aliphatic rings. The largest absolute Gasteiger partial charge is 0.480 e. The van der Waals surface area contributed by atoms with Crippen molar-refractivity contribution >= 4 is 66.1 Å². The maximum absolute atomic E-state index is 15.6. The number of alkyl halides is 8. The Kier molecular flexibility index (Phi) is 13.9. The summed E-state index contributed by atoms with van der Waals surface area (Å²) in [7, 11) is -8.97. The number of carbonyl (C=O) groups is 3. The van der Waals surface area contributed by atoms with Crippen molar-refractivity contribution in [3.8, 4) is 23.0 Å². The fraction of sp³-hybridized carbons (Fsp3) is 0.395. The highest BCUT2D eigenvalue weighted by molar-refractivity contribution is 7.93. The Hall–Kier alpha value is -6.51. The Morgan fingerprint density at radius 3 is 2.14 bits per heavy atom. The number of aliphatic hydroxyl groups is 1. The van der Waals surface area contributed by atoms with Crippen LogP contribution in [0.3, 0.4) is 0 Å². The van der Waals surface area contributed by atoms with Crippen LogP contribution in [0.4, 0.5) is 54.5 Å². The van der Waals surface area contributed by atoms with Crippen molar-refractivity contribution in [1.29, 1.82) is 0 Å². The number of aliphatic carboxylic acids is 1. The quantitative estimate of drug-likeness (QED) is 0.0718. The molecular weight excluding hydrogens is 1060 g/mol. The number of carboxylic acids is 1. The summed E-state index contributed by atoms with van der Waals surface area (Å²) in [5.41, 5.74) is -6.45. The van der Waals surface area contributed by atoms with Crippen molar-refractivity contribution < 1.29 is 85.3 Å². The van der Waals surface area contributed by atoms with E-state index in [0.717, 1.165) is 42.7 Å². The third kappa shape index (κ3) is 10.9. The highest BCUT2D eigenvalue weighted by atomic mass is 35.5. The standard InChI is InChI=1S/C43H37ClF10N8O9S2/c1-40(2,72(3,68)69)10-9-22-5-6-23(24-7-8-27(44)32-34(24)61(18-41(47,48)49)59-37(32)62(73(4,70)71)39(67)57-29(17-63)38(65)66)33(55-22)28(13-19-11-20(45)14-21(46)12-19)56-30(64)16-60-36-31(35(58-60)43(52,53)54)25-15-26(25)42(36,50)51/h5-8,11-12,14,25-26,28-29,63H,13,15-18H2,1-4H3,(H,56,64)(H,57,67)(H,65,66)/t25-,26+,28-,29-/m0/s1. The molecule has 30 heteroatoms. The van der Waals surface area contributed by atoms with Crippen LogP contribution in [0.1, 0.15) is 66.1 Å². The van der Waals surface area contributed by atoms with E-state index in [0.29, 0.717) is 12.3 Å². The molecule has 17 nitrogen and oxygen atoms in total. The summed E-state index contributed by atoms with van der Waals surface area (Å²) >= 11 is 6.56. The molecule has 4 N–H and O–H groups in total. The first-order valence-corrected chi connectivity index (χ1v) is 25.1. The highest BCUT2D eigenvalue weighted by Crippen LogP contribution is 2.68. The van der Waals surface area contributed by atoms with Crippen LogP contribution >= 0.6 is 11.6 Å². The molecule has 0 bridgehead atoms. The number of carbonyl (C=O) groups excluding carboxylic acids is 2. The summed E-state index contributed by atoms with van der Waals surface area (Å²) in [5.74, 6) is -8.37. The molecule has 0 spiro atoms. The molecular formula is C43H37ClF10N8O9S2. The molecule has 0 aliphatic heterocycles. The molecule has 7 rings (SSSR count). The second-order valence-corrected chi connectivity index (χ2v) is 22.4. The molecule has 392 valence electrons. The number of urea groups is 1. The number of hydrogen-bond donors (Lipinski definition) is 4. The number of aliphatic hydroxyl groups excluding tert-OH is 1. The first-order valence-electron chi connectivity index (χ1n) is 21.0. The van der Waals surface area contributed by atoms with Gasteiger partial charge in [-0.15, -0.1) is 0 Å². The number of rotatable bonds is 14. The van der Waals surface area contributed by atoms with E-state index in [1.165, 1.54) is 13.8 Å². The van der Waals surface area contributed by atoms with Crippen LogP contribution in [0.25, 0.3) is 22.0 Å². The smallest absolute Gasteiger partial charge is 0.435 e. The molecule has 0 saturated heterocycles. The number of sulfonamides is 1. The second kappa shape index (κ2) is 18.8. The molecule has 0 unspecified atom stereocenters. The summed E-state index contributed by atoms with van der Waals surface area (Å²) < 4.78 is 197. The van der Waals surface area contributed by atoms with E-state index >= 15 is 8.78 Å². The van der Waals surface area contributed by atoms with Crippen molar-refractivity contribution in [2.45, 2.75) is 80.8 Å². The Labute approximate surface area is 411 Å². The number of pyridine rings is 1. The number of nitrogens with one attached hydrogen (secondary N) is 2. The van der Waals surface area contributed by atoms with Crippen LogP contribution in [-0.2, 0) is 61.1 Å². The summed E-state index contributed by atoms with van der Waals surface area (Å²) in [4.78, 5) is 43.9. The molecule has 1 fully saturated rings. The predicted molar refractivity (Wildman–Crippen MR) is 237 cm³/mol. The zero-order valence-electron chi connectivity index (χ0n) is 37.8. The summed E-state index contributed by atoms with van der Waals surface area (Å²) in [6.07, 6.45) is -10.3. The summed E-state index contributed by atoms with van der Waals surface area (Å²) in [6, 6.07) is 0.279. The van der Waals surface area contributed by atoms with Gasteiger partial charge in [0.1, 0.15) is 40.9 Å². The Balaban J connectivity index is 1.49. The molecule has 2 aliphatic carbocycles. The van der Waals surface area contributed by atoms with Gasteiger partial charge in [-0.2, -0.15) is 49.6 Å². The van der Waals surface area contributed by atoms with Gasteiger partial charge in [0.15, 0.2) is 27.4 Å². The number of nitrogens with zero attached hydrogens (tertiary/aromatic N) is 6. The van der Waals surface area contributed by atoms with E-state index in [1.54, 1.807) is 5.32 Å². The zero-order chi connectivity index (χ0) is 54.3.